The summed E-state index contributed by atoms with van der Waals surface area (Å²) in [5, 5.41) is 0. The lowest BCUT2D eigenvalue weighted by atomic mass is 9.90. The molecule has 0 amide bonds. The van der Waals surface area contributed by atoms with E-state index in [0.29, 0.717) is 11.3 Å². The summed E-state index contributed by atoms with van der Waals surface area (Å²) in [6.45, 7) is 5.71. The van der Waals surface area contributed by atoms with Gasteiger partial charge >= 0.3 is 0 Å². The fourth-order valence-electron chi connectivity index (χ4n) is 4.03. The second kappa shape index (κ2) is 10.6. The number of carbonyl (C=O) groups excluding carboxylic acids is 1. The largest absolute Gasteiger partial charge is 0.497 e. The number of ketones is 1. The van der Waals surface area contributed by atoms with E-state index in [1.807, 2.05) is 63.2 Å². The minimum atomic E-state index is -3.99. The lowest BCUT2D eigenvalue weighted by Crippen LogP contribution is -2.21. The summed E-state index contributed by atoms with van der Waals surface area (Å²) < 4.78 is 43.5. The van der Waals surface area contributed by atoms with Gasteiger partial charge in [0.25, 0.3) is 0 Å². The standard InChI is InChI=1S/C30H30O6S/c1-30(2,3)18-25(31)20-37(32,33)29-17-23(24-14-15-35-19-24)10-13-28(29)36-27-7-5-6-22(16-27)21-8-11-26(34-4)12-9-21/h5-17,19H,18,20H2,1-4H3. The van der Waals surface area contributed by atoms with Gasteiger partial charge in [0.15, 0.2) is 9.84 Å². The van der Waals surface area contributed by atoms with Crippen molar-refractivity contribution < 1.29 is 27.1 Å². The highest BCUT2D eigenvalue weighted by molar-refractivity contribution is 7.92. The van der Waals surface area contributed by atoms with Crippen molar-refractivity contribution >= 4 is 15.6 Å². The van der Waals surface area contributed by atoms with Crippen molar-refractivity contribution in [3.8, 4) is 39.5 Å². The zero-order valence-electron chi connectivity index (χ0n) is 21.4. The first-order valence-corrected chi connectivity index (χ1v) is 13.5. The first-order chi connectivity index (χ1) is 17.5. The maximum atomic E-state index is 13.5. The molecule has 0 bridgehead atoms. The quantitative estimate of drug-likeness (QED) is 0.233. The molecule has 192 valence electrons. The Labute approximate surface area is 217 Å². The van der Waals surface area contributed by atoms with Crippen LogP contribution in [0.2, 0.25) is 0 Å². The van der Waals surface area contributed by atoms with Crippen LogP contribution in [0.15, 0.2) is 94.6 Å². The van der Waals surface area contributed by atoms with Gasteiger partial charge in [-0.2, -0.15) is 0 Å². The van der Waals surface area contributed by atoms with Crippen LogP contribution in [0.3, 0.4) is 0 Å². The van der Waals surface area contributed by atoms with Gasteiger partial charge in [-0.1, -0.05) is 51.1 Å². The highest BCUT2D eigenvalue weighted by atomic mass is 32.2. The molecule has 7 heteroatoms. The lowest BCUT2D eigenvalue weighted by molar-refractivity contribution is -0.118. The van der Waals surface area contributed by atoms with Crippen LogP contribution >= 0.6 is 0 Å². The van der Waals surface area contributed by atoms with E-state index in [1.165, 1.54) is 18.6 Å². The van der Waals surface area contributed by atoms with Gasteiger partial charge in [0.2, 0.25) is 0 Å². The average molecular weight is 519 g/mol. The minimum absolute atomic E-state index is 0.0386. The molecule has 0 aliphatic rings. The number of furan rings is 1. The van der Waals surface area contributed by atoms with E-state index >= 15 is 0 Å². The van der Waals surface area contributed by atoms with E-state index in [0.717, 1.165) is 22.4 Å². The van der Waals surface area contributed by atoms with Crippen molar-refractivity contribution in [3.05, 3.63) is 85.3 Å². The van der Waals surface area contributed by atoms with Crippen LogP contribution in [-0.2, 0) is 14.6 Å². The Morgan fingerprint density at radius 1 is 0.838 bits per heavy atom. The number of ether oxygens (including phenoxy) is 2. The molecule has 0 aliphatic heterocycles. The highest BCUT2D eigenvalue weighted by Crippen LogP contribution is 2.36. The first-order valence-electron chi connectivity index (χ1n) is 11.9. The third-order valence-electron chi connectivity index (χ3n) is 5.70. The Kier molecular flexibility index (Phi) is 7.55. The van der Waals surface area contributed by atoms with Gasteiger partial charge in [0, 0.05) is 12.0 Å². The molecule has 0 saturated heterocycles. The van der Waals surface area contributed by atoms with Gasteiger partial charge < -0.3 is 13.9 Å². The van der Waals surface area contributed by atoms with Crippen LogP contribution in [-0.4, -0.2) is 27.1 Å². The molecule has 0 spiro atoms. The van der Waals surface area contributed by atoms with Gasteiger partial charge in [-0.25, -0.2) is 8.42 Å². The monoisotopic (exact) mass is 518 g/mol. The minimum Gasteiger partial charge on any atom is -0.497 e. The third-order valence-corrected chi connectivity index (χ3v) is 7.39. The van der Waals surface area contributed by atoms with Crippen LogP contribution in [0.5, 0.6) is 17.2 Å². The molecule has 1 heterocycles. The summed E-state index contributed by atoms with van der Waals surface area (Å²) in [6.07, 6.45) is 3.22. The third kappa shape index (κ3) is 6.68. The Hall–Kier alpha value is -3.84. The normalized spacial score (nSPS) is 11.8. The SMILES string of the molecule is COc1ccc(-c2cccc(Oc3ccc(-c4ccoc4)cc3S(=O)(=O)CC(=O)CC(C)(C)C)c2)cc1. The molecular formula is C30H30O6S. The fourth-order valence-corrected chi connectivity index (χ4v) is 5.43. The summed E-state index contributed by atoms with van der Waals surface area (Å²) in [5.41, 5.74) is 2.93. The van der Waals surface area contributed by atoms with Gasteiger partial charge in [-0.3, -0.25) is 4.79 Å². The van der Waals surface area contributed by atoms with E-state index in [2.05, 4.69) is 0 Å². The number of carbonyl (C=O) groups is 1. The van der Waals surface area contributed by atoms with Gasteiger partial charge in [-0.15, -0.1) is 0 Å². The molecule has 0 saturated carbocycles. The van der Waals surface area contributed by atoms with E-state index in [-0.39, 0.29) is 28.3 Å². The van der Waals surface area contributed by atoms with Crippen molar-refractivity contribution in [3.63, 3.8) is 0 Å². The van der Waals surface area contributed by atoms with Crippen molar-refractivity contribution in [2.24, 2.45) is 5.41 Å². The molecule has 0 N–H and O–H groups in total. The number of sulfone groups is 1. The van der Waals surface area contributed by atoms with Crippen LogP contribution in [0, 0.1) is 5.41 Å². The number of hydrogen-bond donors (Lipinski definition) is 0. The highest BCUT2D eigenvalue weighted by Gasteiger charge is 2.27. The van der Waals surface area contributed by atoms with Crippen molar-refractivity contribution in [1.82, 2.24) is 0 Å². The second-order valence-corrected chi connectivity index (χ2v) is 12.0. The predicted octanol–water partition coefficient (Wildman–Crippen LogP) is 7.19. The molecule has 0 radical (unpaired) electrons. The molecule has 0 unspecified atom stereocenters. The fraction of sp³-hybridized carbons (Fsp3) is 0.233. The molecule has 4 rings (SSSR count). The smallest absolute Gasteiger partial charge is 0.189 e. The van der Waals surface area contributed by atoms with Crippen LogP contribution in [0.1, 0.15) is 27.2 Å². The van der Waals surface area contributed by atoms with E-state index in [4.69, 9.17) is 13.9 Å². The van der Waals surface area contributed by atoms with E-state index < -0.39 is 15.6 Å². The number of methoxy groups -OCH3 is 1. The van der Waals surface area contributed by atoms with Crippen molar-refractivity contribution in [2.75, 3.05) is 12.9 Å². The first kappa shape index (κ1) is 26.2. The Morgan fingerprint density at radius 3 is 2.19 bits per heavy atom. The summed E-state index contributed by atoms with van der Waals surface area (Å²) in [4.78, 5) is 12.6. The summed E-state index contributed by atoms with van der Waals surface area (Å²) in [7, 11) is -2.37. The zero-order chi connectivity index (χ0) is 26.6. The van der Waals surface area contributed by atoms with Crippen LogP contribution in [0.25, 0.3) is 22.3 Å². The molecule has 0 atom stereocenters. The predicted molar refractivity (Wildman–Crippen MR) is 144 cm³/mol. The van der Waals surface area contributed by atoms with Gasteiger partial charge in [0.1, 0.15) is 33.7 Å². The topological polar surface area (TPSA) is 82.8 Å². The Morgan fingerprint density at radius 2 is 1.54 bits per heavy atom. The van der Waals surface area contributed by atoms with Gasteiger partial charge in [0.05, 0.1) is 19.6 Å². The van der Waals surface area contributed by atoms with E-state index in [9.17, 15) is 13.2 Å². The second-order valence-electron chi connectivity index (χ2n) is 10.1. The number of benzene rings is 3. The van der Waals surface area contributed by atoms with Crippen molar-refractivity contribution in [2.45, 2.75) is 32.1 Å². The summed E-state index contributed by atoms with van der Waals surface area (Å²) in [6, 6.07) is 21.7. The lowest BCUT2D eigenvalue weighted by Gasteiger charge is -2.17. The molecule has 3 aromatic carbocycles. The van der Waals surface area contributed by atoms with E-state index in [1.54, 1.807) is 31.4 Å². The van der Waals surface area contributed by atoms with Crippen LogP contribution in [0.4, 0.5) is 0 Å². The molecule has 4 aromatic rings. The maximum absolute atomic E-state index is 13.5. The molecule has 0 fully saturated rings. The number of Topliss-reactive ketones (excluding diaryl/α,β-unsaturated/α-hetero) is 1. The molecule has 0 aliphatic carbocycles. The summed E-state index contributed by atoms with van der Waals surface area (Å²) >= 11 is 0. The molecular weight excluding hydrogens is 488 g/mol. The number of rotatable bonds is 9. The molecule has 37 heavy (non-hydrogen) atoms. The van der Waals surface area contributed by atoms with Crippen LogP contribution < -0.4 is 9.47 Å². The Balaban J connectivity index is 1.69. The van der Waals surface area contributed by atoms with Crippen molar-refractivity contribution in [1.29, 1.82) is 0 Å². The average Bonchev–Trinajstić information content (AvgIpc) is 3.38. The zero-order valence-corrected chi connectivity index (χ0v) is 22.2. The molecule has 6 nitrogen and oxygen atoms in total. The molecule has 1 aromatic heterocycles. The van der Waals surface area contributed by atoms with Gasteiger partial charge in [-0.05, 0) is 64.6 Å². The number of hydrogen-bond acceptors (Lipinski definition) is 6. The summed E-state index contributed by atoms with van der Waals surface area (Å²) in [5.74, 6) is 0.448. The maximum Gasteiger partial charge on any atom is 0.189 e. The Bertz CT molecular complexity index is 1480.